The molecule has 6 amide bonds. The van der Waals surface area contributed by atoms with Crippen molar-refractivity contribution in [1.29, 1.82) is 0 Å². The first-order chi connectivity index (χ1) is 37.3. The third-order valence-electron chi connectivity index (χ3n) is 13.9. The number of ether oxygens (including phenoxy) is 4. The van der Waals surface area contributed by atoms with Crippen molar-refractivity contribution in [3.63, 3.8) is 0 Å². The van der Waals surface area contributed by atoms with Crippen LogP contribution in [0.4, 0.5) is 19.2 Å². The number of nitrogens with one attached hydrogen (secondary N) is 4. The highest BCUT2D eigenvalue weighted by Crippen LogP contribution is 2.25. The van der Waals surface area contributed by atoms with Gasteiger partial charge in [-0.2, -0.15) is 0 Å². The number of carbonyl (C=O) groups is 6. The zero-order valence-corrected chi connectivity index (χ0v) is 54.5. The van der Waals surface area contributed by atoms with Crippen LogP contribution in [0.25, 0.3) is 0 Å². The van der Waals surface area contributed by atoms with Gasteiger partial charge in [-0.15, -0.1) is 0 Å². The fourth-order valence-corrected chi connectivity index (χ4v) is 9.42. The number of hydrogen-bond donors (Lipinski definition) is 4. The minimum Gasteiger partial charge on any atom is -0.444 e. The molecule has 0 bridgehead atoms. The predicted octanol–water partition coefficient (Wildman–Crippen LogP) is 15.3. The molecule has 0 radical (unpaired) electrons. The molecule has 16 nitrogen and oxygen atoms in total. The minimum absolute atomic E-state index is 0.113. The quantitative estimate of drug-likeness (QED) is 0.0337. The van der Waals surface area contributed by atoms with Gasteiger partial charge < -0.3 is 50.0 Å². The first-order valence-electron chi connectivity index (χ1n) is 31.7. The van der Waals surface area contributed by atoms with Crippen LogP contribution in [0.3, 0.4) is 0 Å². The van der Waals surface area contributed by atoms with E-state index in [4.69, 9.17) is 18.9 Å². The lowest BCUT2D eigenvalue weighted by Crippen LogP contribution is -2.45. The Balaban J connectivity index is 5.26. The third kappa shape index (κ3) is 47.6. The number of nitrogens with zero attached hydrogens (tertiary/aromatic N) is 2. The average molecular weight is 1140 g/mol. The number of rotatable bonds is 42. The molecular formula is C64H124N6O10. The molecule has 4 unspecified atom stereocenters. The lowest BCUT2D eigenvalue weighted by molar-refractivity contribution is -0.122. The summed E-state index contributed by atoms with van der Waals surface area (Å²) in [6.07, 6.45) is 21.6. The molecule has 0 aliphatic heterocycles. The van der Waals surface area contributed by atoms with E-state index in [0.29, 0.717) is 96.2 Å². The Kier molecular flexibility index (Phi) is 39.8. The highest BCUT2D eigenvalue weighted by atomic mass is 16.6. The van der Waals surface area contributed by atoms with Crippen LogP contribution in [0.15, 0.2) is 0 Å². The summed E-state index contributed by atoms with van der Waals surface area (Å²) in [6.45, 7) is 37.1. The van der Waals surface area contributed by atoms with Crippen molar-refractivity contribution in [2.45, 2.75) is 294 Å². The van der Waals surface area contributed by atoms with E-state index in [2.05, 4.69) is 55.9 Å². The fourth-order valence-electron chi connectivity index (χ4n) is 9.42. The molecule has 0 aliphatic rings. The first-order valence-corrected chi connectivity index (χ1v) is 31.7. The summed E-state index contributed by atoms with van der Waals surface area (Å²) in [5.41, 5.74) is -2.65. The molecule has 0 aromatic carbocycles. The molecule has 0 spiro atoms. The summed E-state index contributed by atoms with van der Waals surface area (Å²) >= 11 is 0. The summed E-state index contributed by atoms with van der Waals surface area (Å²) in [4.78, 5) is 80.5. The lowest BCUT2D eigenvalue weighted by atomic mass is 9.90. The number of carbonyl (C=O) groups excluding carboxylic acids is 6. The zero-order valence-electron chi connectivity index (χ0n) is 54.5. The molecule has 0 aromatic rings. The maximum atomic E-state index is 13.8. The van der Waals surface area contributed by atoms with Gasteiger partial charge in [0.2, 0.25) is 11.8 Å². The molecule has 0 saturated heterocycles. The van der Waals surface area contributed by atoms with Crippen LogP contribution >= 0.6 is 0 Å². The average Bonchev–Trinajstić information content (AvgIpc) is 3.32. The van der Waals surface area contributed by atoms with Crippen LogP contribution in [0, 0.1) is 29.6 Å². The standard InChI is InChI=1S/C64H124N6O10/c1-18-42-65-55(71)40-38-52(4)35-29-33-50(2)31-22-23-32-51(3)34-30-36-53(5)39-41-56(72)66-43-24-20-19-21-37-54(48-69(59(75)79-63(12,13)14)46-27-25-44-67-57(73)77-61(6,7)8)49-70(60(76)80-64(15,16)17)47-28-26-45-68-58(74)78-62(9,10)11/h50-54H,18-49H2,1-17H3,(H,65,71)(H,66,72)(H,67,73)(H,68,74). The van der Waals surface area contributed by atoms with Crippen molar-refractivity contribution in [3.05, 3.63) is 0 Å². The molecule has 0 aromatic heterocycles. The van der Waals surface area contributed by atoms with Crippen LogP contribution in [0.5, 0.6) is 0 Å². The maximum absolute atomic E-state index is 13.8. The monoisotopic (exact) mass is 1140 g/mol. The van der Waals surface area contributed by atoms with E-state index in [1.165, 1.54) is 57.8 Å². The molecule has 470 valence electrons. The second kappa shape index (κ2) is 41.9. The van der Waals surface area contributed by atoms with Gasteiger partial charge in [0.1, 0.15) is 22.4 Å². The maximum Gasteiger partial charge on any atom is 0.410 e. The molecule has 0 aliphatic carbocycles. The second-order valence-corrected chi connectivity index (χ2v) is 27.5. The van der Waals surface area contributed by atoms with Crippen molar-refractivity contribution in [1.82, 2.24) is 31.1 Å². The molecule has 0 saturated carbocycles. The molecule has 0 fully saturated rings. The van der Waals surface area contributed by atoms with Crippen LogP contribution in [0.2, 0.25) is 0 Å². The van der Waals surface area contributed by atoms with Gasteiger partial charge in [0, 0.05) is 65.2 Å². The van der Waals surface area contributed by atoms with E-state index in [0.717, 1.165) is 76.2 Å². The largest absolute Gasteiger partial charge is 0.444 e. The minimum atomic E-state index is -0.719. The van der Waals surface area contributed by atoms with Crippen LogP contribution in [-0.4, -0.2) is 121 Å². The zero-order chi connectivity index (χ0) is 60.8. The summed E-state index contributed by atoms with van der Waals surface area (Å²) in [6, 6.07) is 0. The number of amides is 6. The third-order valence-corrected chi connectivity index (χ3v) is 13.9. The van der Waals surface area contributed by atoms with Gasteiger partial charge in [-0.3, -0.25) is 9.59 Å². The number of unbranched alkanes of at least 4 members (excludes halogenated alkanes) is 6. The molecule has 4 atom stereocenters. The van der Waals surface area contributed by atoms with E-state index >= 15 is 0 Å². The Bertz CT molecular complexity index is 1610. The topological polar surface area (TPSA) is 194 Å². The number of hydrogen-bond acceptors (Lipinski definition) is 10. The highest BCUT2D eigenvalue weighted by Gasteiger charge is 2.29. The van der Waals surface area contributed by atoms with Gasteiger partial charge in [-0.1, -0.05) is 118 Å². The van der Waals surface area contributed by atoms with Gasteiger partial charge >= 0.3 is 24.4 Å². The van der Waals surface area contributed by atoms with Crippen molar-refractivity contribution in [2.24, 2.45) is 29.6 Å². The van der Waals surface area contributed by atoms with Crippen LogP contribution in [0.1, 0.15) is 272 Å². The summed E-state index contributed by atoms with van der Waals surface area (Å²) in [5.74, 6) is 2.82. The predicted molar refractivity (Wildman–Crippen MR) is 327 cm³/mol. The van der Waals surface area contributed by atoms with E-state index in [1.54, 1.807) is 9.80 Å². The Labute approximate surface area is 489 Å². The van der Waals surface area contributed by atoms with Gasteiger partial charge in [0.25, 0.3) is 0 Å². The smallest absolute Gasteiger partial charge is 0.410 e. The van der Waals surface area contributed by atoms with Gasteiger partial charge in [0.15, 0.2) is 0 Å². The van der Waals surface area contributed by atoms with E-state index in [9.17, 15) is 28.8 Å². The van der Waals surface area contributed by atoms with E-state index in [1.807, 2.05) is 83.1 Å². The van der Waals surface area contributed by atoms with Crippen molar-refractivity contribution >= 4 is 36.2 Å². The van der Waals surface area contributed by atoms with Gasteiger partial charge in [-0.05, 0) is 170 Å². The molecule has 0 heterocycles. The number of alkyl carbamates (subject to hydrolysis) is 2. The molecule has 80 heavy (non-hydrogen) atoms. The summed E-state index contributed by atoms with van der Waals surface area (Å²) < 4.78 is 22.6. The highest BCUT2D eigenvalue weighted by molar-refractivity contribution is 5.76. The van der Waals surface area contributed by atoms with E-state index < -0.39 is 46.8 Å². The van der Waals surface area contributed by atoms with Crippen LogP contribution in [-0.2, 0) is 28.5 Å². The van der Waals surface area contributed by atoms with Crippen molar-refractivity contribution in [2.75, 3.05) is 52.4 Å². The van der Waals surface area contributed by atoms with Crippen LogP contribution < -0.4 is 21.3 Å². The molecule has 0 rings (SSSR count). The van der Waals surface area contributed by atoms with E-state index in [-0.39, 0.29) is 17.7 Å². The SMILES string of the molecule is CCCNC(=O)CCC(C)CCCC(C)CCCCC(C)CCCC(C)CCC(=O)NCCCCCCC(CN(CCCCNC(=O)OC(C)(C)C)C(=O)OC(C)(C)C)CN(CCCCNC(=O)OC(C)(C)C)C(=O)OC(C)(C)C. The Morgan fingerprint density at radius 2 is 0.675 bits per heavy atom. The Morgan fingerprint density at radius 1 is 0.362 bits per heavy atom. The summed E-state index contributed by atoms with van der Waals surface area (Å²) in [7, 11) is 0. The first kappa shape index (κ1) is 76.0. The van der Waals surface area contributed by atoms with Crippen molar-refractivity contribution in [3.8, 4) is 0 Å². The van der Waals surface area contributed by atoms with Crippen molar-refractivity contribution < 1.29 is 47.7 Å². The second-order valence-electron chi connectivity index (χ2n) is 27.5. The normalized spacial score (nSPS) is 13.6. The molecule has 16 heteroatoms. The Hall–Kier alpha value is -3.98. The molecule has 4 N–H and O–H groups in total. The fraction of sp³-hybridized carbons (Fsp3) is 0.906. The molecular weight excluding hydrogens is 1010 g/mol. The van der Waals surface area contributed by atoms with Gasteiger partial charge in [-0.25, -0.2) is 19.2 Å². The lowest BCUT2D eigenvalue weighted by Gasteiger charge is -2.34. The van der Waals surface area contributed by atoms with Gasteiger partial charge in [0.05, 0.1) is 0 Å². The Morgan fingerprint density at radius 3 is 1.05 bits per heavy atom. The summed E-state index contributed by atoms with van der Waals surface area (Å²) in [5, 5.41) is 11.7.